The van der Waals surface area contributed by atoms with E-state index in [-0.39, 0.29) is 12.5 Å². The highest BCUT2D eigenvalue weighted by Crippen LogP contribution is 2.23. The summed E-state index contributed by atoms with van der Waals surface area (Å²) in [5.74, 6) is -0.145. The summed E-state index contributed by atoms with van der Waals surface area (Å²) < 4.78 is 11.3. The standard InChI is InChI=1S/C58H105NO8/c1-3-5-7-9-11-13-14-15-16-17-18-19-20-21-22-23-24-25-26-27-28-29-30-31-32-33-34-35-36-37-38-40-42-44-46-48-54(62)59-51(52(61)47-45-43-41-39-12-10-8-6-4-2)50-66-58-57(65)56(64)55(63)53(49-60)67-58/h5,7,11,13,15-16,18-19,21-22,51-53,55-58,60-61,63-65H,3-4,6,8-10,12,14,17,20,23-50H2,1-2H3,(H,59,62)/b7-5-,13-11-,16-15-,19-18-,22-21-. The second-order valence-corrected chi connectivity index (χ2v) is 19.4. The topological polar surface area (TPSA) is 149 Å². The Morgan fingerprint density at radius 2 is 0.925 bits per heavy atom. The van der Waals surface area contributed by atoms with Gasteiger partial charge >= 0.3 is 0 Å². The van der Waals surface area contributed by atoms with Crippen LogP contribution in [-0.4, -0.2) is 87.5 Å². The van der Waals surface area contributed by atoms with Crippen LogP contribution in [0.15, 0.2) is 60.8 Å². The highest BCUT2D eigenvalue weighted by Gasteiger charge is 2.44. The highest BCUT2D eigenvalue weighted by atomic mass is 16.7. The fourth-order valence-corrected chi connectivity index (χ4v) is 8.72. The molecule has 1 rings (SSSR count). The quantitative estimate of drug-likeness (QED) is 0.0261. The van der Waals surface area contributed by atoms with Gasteiger partial charge in [-0.3, -0.25) is 4.79 Å². The van der Waals surface area contributed by atoms with Gasteiger partial charge in [-0.25, -0.2) is 0 Å². The van der Waals surface area contributed by atoms with E-state index in [4.69, 9.17) is 9.47 Å². The van der Waals surface area contributed by atoms with Crippen LogP contribution in [0.2, 0.25) is 0 Å². The Morgan fingerprint density at radius 3 is 1.37 bits per heavy atom. The molecule has 9 heteroatoms. The number of hydrogen-bond donors (Lipinski definition) is 6. The molecular weight excluding hydrogens is 839 g/mol. The van der Waals surface area contributed by atoms with Crippen molar-refractivity contribution < 1.29 is 39.8 Å². The molecule has 67 heavy (non-hydrogen) atoms. The number of amides is 1. The second kappa shape index (κ2) is 47.6. The van der Waals surface area contributed by atoms with E-state index in [1.165, 1.54) is 148 Å². The molecule has 1 fully saturated rings. The van der Waals surface area contributed by atoms with Crippen molar-refractivity contribution in [3.63, 3.8) is 0 Å². The number of rotatable bonds is 47. The largest absolute Gasteiger partial charge is 0.394 e. The van der Waals surface area contributed by atoms with E-state index in [0.717, 1.165) is 70.6 Å². The number of hydrogen-bond acceptors (Lipinski definition) is 8. The summed E-state index contributed by atoms with van der Waals surface area (Å²) in [4.78, 5) is 13.0. The zero-order valence-corrected chi connectivity index (χ0v) is 43.1. The first-order valence-corrected chi connectivity index (χ1v) is 28.0. The molecular formula is C58H105NO8. The van der Waals surface area contributed by atoms with Crippen molar-refractivity contribution in [2.24, 2.45) is 0 Å². The molecule has 7 atom stereocenters. The third kappa shape index (κ3) is 37.4. The Bertz CT molecular complexity index is 1230. The van der Waals surface area contributed by atoms with Crippen molar-refractivity contribution in [3.8, 4) is 0 Å². The molecule has 0 saturated carbocycles. The average Bonchev–Trinajstić information content (AvgIpc) is 3.33. The molecule has 1 aliphatic heterocycles. The summed E-state index contributed by atoms with van der Waals surface area (Å²) in [6, 6.07) is -0.717. The van der Waals surface area contributed by atoms with Crippen molar-refractivity contribution in [1.82, 2.24) is 5.32 Å². The first kappa shape index (κ1) is 62.9. The van der Waals surface area contributed by atoms with E-state index in [9.17, 15) is 30.3 Å². The van der Waals surface area contributed by atoms with Crippen molar-refractivity contribution in [2.45, 2.75) is 288 Å². The Kier molecular flexibility index (Phi) is 44.7. The molecule has 390 valence electrons. The molecule has 0 bridgehead atoms. The number of ether oxygens (including phenoxy) is 2. The van der Waals surface area contributed by atoms with Gasteiger partial charge in [-0.05, 0) is 57.8 Å². The Hall–Kier alpha value is -2.11. The van der Waals surface area contributed by atoms with Gasteiger partial charge in [0.1, 0.15) is 24.4 Å². The number of aliphatic hydroxyl groups is 5. The summed E-state index contributed by atoms with van der Waals surface area (Å²) in [6.45, 7) is 3.70. The summed E-state index contributed by atoms with van der Waals surface area (Å²) in [7, 11) is 0. The van der Waals surface area contributed by atoms with Crippen molar-refractivity contribution in [1.29, 1.82) is 0 Å². The number of nitrogens with one attached hydrogen (secondary N) is 1. The summed E-state index contributed by atoms with van der Waals surface area (Å²) >= 11 is 0. The Balaban J connectivity index is 2.05. The fraction of sp³-hybridized carbons (Fsp3) is 0.810. The third-order valence-corrected chi connectivity index (χ3v) is 13.1. The highest BCUT2D eigenvalue weighted by molar-refractivity contribution is 5.76. The van der Waals surface area contributed by atoms with Crippen LogP contribution in [0.5, 0.6) is 0 Å². The van der Waals surface area contributed by atoms with Gasteiger partial charge in [0, 0.05) is 6.42 Å². The van der Waals surface area contributed by atoms with Gasteiger partial charge in [0.25, 0.3) is 0 Å². The Labute approximate surface area is 411 Å². The first-order valence-electron chi connectivity index (χ1n) is 28.0. The van der Waals surface area contributed by atoms with Crippen LogP contribution in [-0.2, 0) is 14.3 Å². The van der Waals surface area contributed by atoms with Gasteiger partial charge in [-0.2, -0.15) is 0 Å². The molecule has 0 aromatic rings. The maximum absolute atomic E-state index is 13.0. The zero-order chi connectivity index (χ0) is 48.7. The van der Waals surface area contributed by atoms with E-state index in [2.05, 4.69) is 79.9 Å². The minimum Gasteiger partial charge on any atom is -0.394 e. The minimum absolute atomic E-state index is 0.137. The molecule has 0 radical (unpaired) electrons. The molecule has 1 saturated heterocycles. The van der Waals surface area contributed by atoms with Gasteiger partial charge < -0.3 is 40.3 Å². The van der Waals surface area contributed by atoms with Crippen LogP contribution in [0, 0.1) is 0 Å². The van der Waals surface area contributed by atoms with Crippen LogP contribution in [0.3, 0.4) is 0 Å². The molecule has 1 amide bonds. The molecule has 0 spiro atoms. The smallest absolute Gasteiger partial charge is 0.220 e. The van der Waals surface area contributed by atoms with Gasteiger partial charge in [0.05, 0.1) is 25.4 Å². The van der Waals surface area contributed by atoms with E-state index in [1.807, 2.05) is 0 Å². The lowest BCUT2D eigenvalue weighted by Gasteiger charge is -2.40. The van der Waals surface area contributed by atoms with E-state index in [0.29, 0.717) is 12.8 Å². The van der Waals surface area contributed by atoms with Crippen molar-refractivity contribution in [3.05, 3.63) is 60.8 Å². The predicted octanol–water partition coefficient (Wildman–Crippen LogP) is 13.5. The molecule has 6 N–H and O–H groups in total. The normalized spacial score (nSPS) is 20.1. The van der Waals surface area contributed by atoms with Crippen LogP contribution in [0.1, 0.15) is 245 Å². The van der Waals surface area contributed by atoms with E-state index in [1.54, 1.807) is 0 Å². The zero-order valence-electron chi connectivity index (χ0n) is 43.1. The van der Waals surface area contributed by atoms with Crippen LogP contribution in [0.25, 0.3) is 0 Å². The predicted molar refractivity (Wildman–Crippen MR) is 281 cm³/mol. The molecule has 9 nitrogen and oxygen atoms in total. The van der Waals surface area contributed by atoms with Crippen LogP contribution >= 0.6 is 0 Å². The number of allylic oxidation sites excluding steroid dienone is 10. The van der Waals surface area contributed by atoms with E-state index < -0.39 is 49.5 Å². The van der Waals surface area contributed by atoms with Crippen LogP contribution in [0.4, 0.5) is 0 Å². The third-order valence-electron chi connectivity index (χ3n) is 13.1. The van der Waals surface area contributed by atoms with E-state index >= 15 is 0 Å². The summed E-state index contributed by atoms with van der Waals surface area (Å²) in [5, 5.41) is 54.3. The van der Waals surface area contributed by atoms with Crippen molar-refractivity contribution >= 4 is 5.91 Å². The lowest BCUT2D eigenvalue weighted by atomic mass is 9.99. The first-order chi connectivity index (χ1) is 32.8. The molecule has 7 unspecified atom stereocenters. The second-order valence-electron chi connectivity index (χ2n) is 19.4. The van der Waals surface area contributed by atoms with Gasteiger partial charge in [0.2, 0.25) is 5.91 Å². The number of carbonyl (C=O) groups excluding carboxylic acids is 1. The number of unbranched alkanes of at least 4 members (excludes halogenated alkanes) is 27. The molecule has 1 heterocycles. The molecule has 1 aliphatic rings. The molecule has 0 aliphatic carbocycles. The Morgan fingerprint density at radius 1 is 0.522 bits per heavy atom. The summed E-state index contributed by atoms with van der Waals surface area (Å²) in [6.07, 6.45) is 57.1. The number of aliphatic hydroxyl groups excluding tert-OH is 5. The van der Waals surface area contributed by atoms with Crippen LogP contribution < -0.4 is 5.32 Å². The molecule has 0 aromatic heterocycles. The number of carbonyl (C=O) groups is 1. The van der Waals surface area contributed by atoms with Gasteiger partial charge in [-0.15, -0.1) is 0 Å². The van der Waals surface area contributed by atoms with Gasteiger partial charge in [-0.1, -0.05) is 242 Å². The SMILES string of the molecule is CC/C=C\C/C=C\C/C=C\C/C=C\C/C=C\CCCCCCCCCCCCCCCCCCCCCC(=O)NC(COC1OC(CO)C(O)C(O)C1O)C(O)CCCCCCCCCCC. The minimum atomic E-state index is -1.55. The van der Waals surface area contributed by atoms with Gasteiger partial charge in [0.15, 0.2) is 6.29 Å². The maximum atomic E-state index is 13.0. The lowest BCUT2D eigenvalue weighted by Crippen LogP contribution is -2.60. The summed E-state index contributed by atoms with van der Waals surface area (Å²) in [5.41, 5.74) is 0. The van der Waals surface area contributed by atoms with Crippen molar-refractivity contribution in [2.75, 3.05) is 13.2 Å². The fourth-order valence-electron chi connectivity index (χ4n) is 8.72. The average molecular weight is 944 g/mol. The lowest BCUT2D eigenvalue weighted by molar-refractivity contribution is -0.302. The molecule has 0 aromatic carbocycles. The maximum Gasteiger partial charge on any atom is 0.220 e. The monoisotopic (exact) mass is 944 g/mol.